The van der Waals surface area contributed by atoms with Crippen molar-refractivity contribution in [2.45, 2.75) is 43.5 Å². The molecule has 0 spiro atoms. The van der Waals surface area contributed by atoms with E-state index >= 15 is 0 Å². The van der Waals surface area contributed by atoms with Crippen molar-refractivity contribution in [3.63, 3.8) is 0 Å². The van der Waals surface area contributed by atoms with Gasteiger partial charge in [-0.25, -0.2) is 18.6 Å². The molecule has 0 saturated heterocycles. The fraction of sp³-hybridized carbons (Fsp3) is 0.400. The van der Waals surface area contributed by atoms with Crippen LogP contribution in [0.15, 0.2) is 29.2 Å². The average Bonchev–Trinajstić information content (AvgIpc) is 2.65. The van der Waals surface area contributed by atoms with Gasteiger partial charge in [-0.1, -0.05) is 25.4 Å². The molecule has 0 atom stereocenters. The van der Waals surface area contributed by atoms with E-state index in [9.17, 15) is 26.7 Å². The lowest BCUT2D eigenvalue weighted by atomic mass is 9.91. The van der Waals surface area contributed by atoms with E-state index in [1.807, 2.05) is 0 Å². The van der Waals surface area contributed by atoms with E-state index in [1.54, 1.807) is 38.1 Å². The van der Waals surface area contributed by atoms with E-state index in [0.29, 0.717) is 9.92 Å². The van der Waals surface area contributed by atoms with E-state index in [0.717, 1.165) is 18.9 Å². The summed E-state index contributed by atoms with van der Waals surface area (Å²) in [6.07, 6.45) is -8.37. The molecule has 0 fully saturated rings. The molecule has 1 aromatic carbocycles. The van der Waals surface area contributed by atoms with Gasteiger partial charge in [0.15, 0.2) is 0 Å². The van der Waals surface area contributed by atoms with Crippen molar-refractivity contribution in [2.24, 2.45) is 5.92 Å². The quantitative estimate of drug-likeness (QED) is 0.250. The van der Waals surface area contributed by atoms with E-state index in [1.165, 1.54) is 0 Å². The monoisotopic (exact) mass is 467 g/mol. The highest BCUT2D eigenvalue weighted by atomic mass is 35.5. The van der Waals surface area contributed by atoms with Gasteiger partial charge in [-0.2, -0.15) is 13.2 Å². The number of alkyl halides is 5. The Morgan fingerprint density at radius 1 is 1.17 bits per heavy atom. The average molecular weight is 468 g/mol. The molecule has 0 bridgehead atoms. The lowest BCUT2D eigenvalue weighted by Crippen LogP contribution is -2.22. The van der Waals surface area contributed by atoms with Crippen LogP contribution in [-0.2, 0) is 23.1 Å². The molecule has 164 valence electrons. The van der Waals surface area contributed by atoms with Crippen LogP contribution < -0.4 is 0 Å². The van der Waals surface area contributed by atoms with Gasteiger partial charge in [0.25, 0.3) is 6.43 Å². The number of aromatic nitrogens is 1. The van der Waals surface area contributed by atoms with Gasteiger partial charge in [0.1, 0.15) is 11.4 Å². The van der Waals surface area contributed by atoms with E-state index in [-0.39, 0.29) is 29.2 Å². The predicted octanol–water partition coefficient (Wildman–Crippen LogP) is 6.97. The molecule has 0 aliphatic heterocycles. The molecule has 1 aromatic heterocycles. The number of ether oxygens (including phenoxy) is 1. The number of rotatable bonds is 7. The number of esters is 1. The highest BCUT2D eigenvalue weighted by Gasteiger charge is 2.40. The summed E-state index contributed by atoms with van der Waals surface area (Å²) in [5.41, 5.74) is -3.65. The second-order valence-electron chi connectivity index (χ2n) is 6.81. The van der Waals surface area contributed by atoms with Crippen molar-refractivity contribution in [2.75, 3.05) is 7.11 Å². The molecule has 0 saturated carbocycles. The standard InChI is InChI=1S/C20H19ClF5NO2S/c1-10(2)8-13-14(9-30-12-6-4-11(21)5-7-12)17(20(24,25)26)27-16(18(22)23)15(13)19(28)29-3/h4-7,10,18H,8-9H2,1-3H3. The summed E-state index contributed by atoms with van der Waals surface area (Å²) in [6.45, 7) is 3.43. The molecule has 0 aliphatic carbocycles. The van der Waals surface area contributed by atoms with Gasteiger partial charge in [-0.3, -0.25) is 0 Å². The molecule has 0 N–H and O–H groups in total. The predicted molar refractivity (Wildman–Crippen MR) is 105 cm³/mol. The van der Waals surface area contributed by atoms with Crippen LogP contribution in [0.1, 0.15) is 53.1 Å². The Kier molecular flexibility index (Phi) is 8.10. The van der Waals surface area contributed by atoms with Crippen LogP contribution in [0.4, 0.5) is 22.0 Å². The number of thioether (sulfide) groups is 1. The number of hydrogen-bond donors (Lipinski definition) is 0. The minimum atomic E-state index is -4.97. The summed E-state index contributed by atoms with van der Waals surface area (Å²) < 4.78 is 73.0. The van der Waals surface area contributed by atoms with Crippen LogP contribution in [0.3, 0.4) is 0 Å². The van der Waals surface area contributed by atoms with E-state index in [2.05, 4.69) is 9.72 Å². The maximum Gasteiger partial charge on any atom is 0.433 e. The fourth-order valence-corrected chi connectivity index (χ4v) is 3.97. The van der Waals surface area contributed by atoms with Gasteiger partial charge >= 0.3 is 12.1 Å². The van der Waals surface area contributed by atoms with Crippen LogP contribution in [0.2, 0.25) is 5.02 Å². The molecule has 1 heterocycles. The third-order valence-electron chi connectivity index (χ3n) is 4.11. The summed E-state index contributed by atoms with van der Waals surface area (Å²) in [5.74, 6) is -1.57. The molecule has 0 unspecified atom stereocenters. The second kappa shape index (κ2) is 9.96. The Morgan fingerprint density at radius 3 is 2.23 bits per heavy atom. The second-order valence-corrected chi connectivity index (χ2v) is 8.29. The molecule has 2 rings (SSSR count). The first-order valence-corrected chi connectivity index (χ1v) is 10.2. The smallest absolute Gasteiger partial charge is 0.433 e. The topological polar surface area (TPSA) is 39.2 Å². The minimum absolute atomic E-state index is 0.0216. The van der Waals surface area contributed by atoms with Crippen LogP contribution in [0, 0.1) is 5.92 Å². The summed E-state index contributed by atoms with van der Waals surface area (Å²) in [5, 5.41) is 0.465. The molecule has 0 aliphatic rings. The van der Waals surface area contributed by atoms with Gasteiger partial charge in [0.2, 0.25) is 0 Å². The van der Waals surface area contributed by atoms with Crippen LogP contribution >= 0.6 is 23.4 Å². The zero-order valence-electron chi connectivity index (χ0n) is 16.3. The number of pyridine rings is 1. The van der Waals surface area contributed by atoms with Crippen LogP contribution in [0.5, 0.6) is 0 Å². The lowest BCUT2D eigenvalue weighted by Gasteiger charge is -2.22. The van der Waals surface area contributed by atoms with Crippen molar-refractivity contribution >= 4 is 29.3 Å². The maximum absolute atomic E-state index is 13.8. The van der Waals surface area contributed by atoms with Crippen molar-refractivity contribution in [1.82, 2.24) is 4.98 Å². The number of hydrogen-bond acceptors (Lipinski definition) is 4. The van der Waals surface area contributed by atoms with Crippen molar-refractivity contribution < 1.29 is 31.5 Å². The molecule has 3 nitrogen and oxygen atoms in total. The number of benzene rings is 1. The zero-order chi connectivity index (χ0) is 22.6. The number of nitrogens with zero attached hydrogens (tertiary/aromatic N) is 1. The fourth-order valence-electron chi connectivity index (χ4n) is 2.89. The number of carbonyl (C=O) groups excluding carboxylic acids is 1. The zero-order valence-corrected chi connectivity index (χ0v) is 17.9. The number of halogens is 6. The largest absolute Gasteiger partial charge is 0.465 e. The summed E-state index contributed by atoms with van der Waals surface area (Å²) in [7, 11) is 0.983. The first kappa shape index (κ1) is 24.4. The van der Waals surface area contributed by atoms with Crippen molar-refractivity contribution in [3.8, 4) is 0 Å². The Labute approximate surface area is 180 Å². The number of carbonyl (C=O) groups is 1. The SMILES string of the molecule is COC(=O)c1c(C(F)F)nc(C(F)(F)F)c(CSc2ccc(Cl)cc2)c1CC(C)C. The molecule has 0 radical (unpaired) electrons. The minimum Gasteiger partial charge on any atom is -0.465 e. The number of methoxy groups -OCH3 is 1. The van der Waals surface area contributed by atoms with Gasteiger partial charge in [-0.15, -0.1) is 11.8 Å². The Balaban J connectivity index is 2.73. The van der Waals surface area contributed by atoms with Gasteiger partial charge in [-0.05, 0) is 47.7 Å². The Hall–Kier alpha value is -1.87. The first-order chi connectivity index (χ1) is 14.0. The highest BCUT2D eigenvalue weighted by Crippen LogP contribution is 2.40. The molecule has 30 heavy (non-hydrogen) atoms. The van der Waals surface area contributed by atoms with E-state index in [4.69, 9.17) is 11.6 Å². The molecular formula is C20H19ClF5NO2S. The molecular weight excluding hydrogens is 449 g/mol. The van der Waals surface area contributed by atoms with Crippen molar-refractivity contribution in [1.29, 1.82) is 0 Å². The third kappa shape index (κ3) is 5.85. The summed E-state index contributed by atoms with van der Waals surface area (Å²) in [4.78, 5) is 16.1. The highest BCUT2D eigenvalue weighted by molar-refractivity contribution is 7.98. The molecule has 2 aromatic rings. The Bertz CT molecular complexity index is 902. The lowest BCUT2D eigenvalue weighted by molar-refractivity contribution is -0.142. The molecule has 0 amide bonds. The maximum atomic E-state index is 13.8. The van der Waals surface area contributed by atoms with Crippen molar-refractivity contribution in [3.05, 3.63) is 57.4 Å². The normalized spacial score (nSPS) is 12.0. The Morgan fingerprint density at radius 2 is 1.77 bits per heavy atom. The van der Waals surface area contributed by atoms with Gasteiger partial charge in [0, 0.05) is 15.7 Å². The summed E-state index contributed by atoms with van der Waals surface area (Å²) >= 11 is 6.88. The van der Waals surface area contributed by atoms with E-state index < -0.39 is 35.5 Å². The summed E-state index contributed by atoms with van der Waals surface area (Å²) in [6, 6.07) is 6.43. The van der Waals surface area contributed by atoms with Crippen LogP contribution in [0.25, 0.3) is 0 Å². The van der Waals surface area contributed by atoms with Gasteiger partial charge in [0.05, 0.1) is 12.7 Å². The van der Waals surface area contributed by atoms with Gasteiger partial charge < -0.3 is 4.74 Å². The first-order valence-electron chi connectivity index (χ1n) is 8.83. The third-order valence-corrected chi connectivity index (χ3v) is 5.40. The molecule has 10 heteroatoms. The van der Waals surface area contributed by atoms with Crippen LogP contribution in [-0.4, -0.2) is 18.1 Å².